The Labute approximate surface area is 117 Å². The van der Waals surface area contributed by atoms with Crippen molar-refractivity contribution >= 4 is 20.1 Å². The van der Waals surface area contributed by atoms with Crippen LogP contribution in [0.4, 0.5) is 0 Å². The van der Waals surface area contributed by atoms with E-state index in [-0.39, 0.29) is 17.4 Å². The Bertz CT molecular complexity index is 364. The van der Waals surface area contributed by atoms with Crippen molar-refractivity contribution in [3.8, 4) is 0 Å². The maximum Gasteiger partial charge on any atom is 0.331 e. The SMILES string of the molecule is CCOC(=O)/C=C(/CO[Si](C)(C)C(C)(C)C)C(C)=O. The number of ketones is 1. The van der Waals surface area contributed by atoms with Crippen LogP contribution < -0.4 is 0 Å². The van der Waals surface area contributed by atoms with E-state index >= 15 is 0 Å². The summed E-state index contributed by atoms with van der Waals surface area (Å²) in [6.45, 7) is 14.2. The standard InChI is InChI=1S/C14H26O4Si/c1-8-17-13(16)9-12(11(2)15)10-18-19(6,7)14(3,4)5/h9H,8,10H2,1-7H3/b12-9-. The second-order valence-electron chi connectivity index (χ2n) is 6.03. The van der Waals surface area contributed by atoms with Gasteiger partial charge in [0, 0.05) is 11.6 Å². The highest BCUT2D eigenvalue weighted by Gasteiger charge is 2.37. The zero-order valence-corrected chi connectivity index (χ0v) is 14.1. The summed E-state index contributed by atoms with van der Waals surface area (Å²) in [5, 5.41) is 0.0683. The summed E-state index contributed by atoms with van der Waals surface area (Å²) in [5.41, 5.74) is 0.364. The van der Waals surface area contributed by atoms with Gasteiger partial charge in [-0.3, -0.25) is 4.79 Å². The average molecular weight is 286 g/mol. The van der Waals surface area contributed by atoms with Crippen LogP contribution in [-0.4, -0.2) is 33.3 Å². The first-order chi connectivity index (χ1) is 8.51. The molecule has 0 aromatic rings. The molecule has 0 saturated heterocycles. The Kier molecular flexibility index (Phi) is 6.66. The van der Waals surface area contributed by atoms with Crippen molar-refractivity contribution in [2.75, 3.05) is 13.2 Å². The average Bonchev–Trinajstić information content (AvgIpc) is 2.22. The van der Waals surface area contributed by atoms with E-state index < -0.39 is 14.3 Å². The van der Waals surface area contributed by atoms with Gasteiger partial charge in [0.1, 0.15) is 0 Å². The normalized spacial score (nSPS) is 13.3. The fraction of sp³-hybridized carbons (Fsp3) is 0.714. The molecular formula is C14H26O4Si. The summed E-state index contributed by atoms with van der Waals surface area (Å²) >= 11 is 0. The van der Waals surface area contributed by atoms with E-state index in [4.69, 9.17) is 9.16 Å². The highest BCUT2D eigenvalue weighted by Crippen LogP contribution is 2.36. The number of rotatable bonds is 6. The van der Waals surface area contributed by atoms with Crippen molar-refractivity contribution < 1.29 is 18.8 Å². The topological polar surface area (TPSA) is 52.6 Å². The van der Waals surface area contributed by atoms with Crippen LogP contribution in [0, 0.1) is 0 Å². The van der Waals surface area contributed by atoms with Crippen molar-refractivity contribution in [2.24, 2.45) is 0 Å². The maximum atomic E-state index is 11.5. The summed E-state index contributed by atoms with van der Waals surface area (Å²) in [5.74, 6) is -0.654. The molecule has 0 aliphatic carbocycles. The van der Waals surface area contributed by atoms with Crippen molar-refractivity contribution in [1.82, 2.24) is 0 Å². The number of esters is 1. The van der Waals surface area contributed by atoms with Gasteiger partial charge in [0.25, 0.3) is 0 Å². The highest BCUT2D eigenvalue weighted by molar-refractivity contribution is 6.74. The fourth-order valence-electron chi connectivity index (χ4n) is 1.05. The molecule has 19 heavy (non-hydrogen) atoms. The van der Waals surface area contributed by atoms with Gasteiger partial charge in [0.2, 0.25) is 0 Å². The third kappa shape index (κ3) is 6.16. The summed E-state index contributed by atoms with van der Waals surface area (Å²) in [6.07, 6.45) is 1.24. The van der Waals surface area contributed by atoms with Crippen molar-refractivity contribution in [1.29, 1.82) is 0 Å². The zero-order valence-electron chi connectivity index (χ0n) is 13.1. The number of ether oxygens (including phenoxy) is 1. The van der Waals surface area contributed by atoms with Gasteiger partial charge in [-0.1, -0.05) is 20.8 Å². The quantitative estimate of drug-likeness (QED) is 0.428. The van der Waals surface area contributed by atoms with Crippen LogP contribution in [0.3, 0.4) is 0 Å². The molecule has 0 aliphatic rings. The first-order valence-corrected chi connectivity index (χ1v) is 9.44. The minimum atomic E-state index is -1.93. The van der Waals surface area contributed by atoms with E-state index in [0.29, 0.717) is 12.2 Å². The third-order valence-corrected chi connectivity index (χ3v) is 7.90. The molecule has 0 aromatic heterocycles. The maximum absolute atomic E-state index is 11.5. The molecule has 0 amide bonds. The summed E-state index contributed by atoms with van der Waals surface area (Å²) in [4.78, 5) is 22.9. The zero-order chi connectivity index (χ0) is 15.3. The first kappa shape index (κ1) is 18.1. The van der Waals surface area contributed by atoms with Gasteiger partial charge in [-0.2, -0.15) is 0 Å². The molecule has 0 fully saturated rings. The van der Waals surface area contributed by atoms with Gasteiger partial charge >= 0.3 is 5.97 Å². The van der Waals surface area contributed by atoms with Crippen molar-refractivity contribution in [3.63, 3.8) is 0 Å². The Morgan fingerprint density at radius 3 is 2.11 bits per heavy atom. The second kappa shape index (κ2) is 7.00. The Balaban J connectivity index is 4.81. The number of carbonyl (C=O) groups excluding carboxylic acids is 2. The van der Waals surface area contributed by atoms with Crippen molar-refractivity contribution in [3.05, 3.63) is 11.6 Å². The van der Waals surface area contributed by atoms with Gasteiger partial charge in [0.05, 0.1) is 13.2 Å². The number of hydrogen-bond acceptors (Lipinski definition) is 4. The van der Waals surface area contributed by atoms with Gasteiger partial charge < -0.3 is 9.16 Å². The van der Waals surface area contributed by atoms with Gasteiger partial charge in [-0.05, 0) is 32.0 Å². The molecular weight excluding hydrogens is 260 g/mol. The van der Waals surface area contributed by atoms with E-state index in [1.165, 1.54) is 13.0 Å². The lowest BCUT2D eigenvalue weighted by Gasteiger charge is -2.36. The van der Waals surface area contributed by atoms with E-state index in [0.717, 1.165) is 0 Å². The lowest BCUT2D eigenvalue weighted by molar-refractivity contribution is -0.137. The minimum absolute atomic E-state index is 0.0683. The van der Waals surface area contributed by atoms with Gasteiger partial charge in [-0.15, -0.1) is 0 Å². The van der Waals surface area contributed by atoms with Crippen LogP contribution in [0.25, 0.3) is 0 Å². The number of carbonyl (C=O) groups is 2. The molecule has 5 heteroatoms. The molecule has 110 valence electrons. The Hall–Kier alpha value is -0.943. The Morgan fingerprint density at radius 2 is 1.74 bits per heavy atom. The summed E-state index contributed by atoms with van der Waals surface area (Å²) < 4.78 is 10.7. The monoisotopic (exact) mass is 286 g/mol. The highest BCUT2D eigenvalue weighted by atomic mass is 28.4. The van der Waals surface area contributed by atoms with Crippen LogP contribution in [0.1, 0.15) is 34.6 Å². The molecule has 0 saturated carbocycles. The number of Topliss-reactive ketones (excluding diaryl/α,β-unsaturated/α-hetero) is 1. The largest absolute Gasteiger partial charge is 0.463 e. The van der Waals surface area contributed by atoms with Crippen molar-refractivity contribution in [2.45, 2.75) is 52.8 Å². The van der Waals surface area contributed by atoms with E-state index in [1.807, 2.05) is 0 Å². The van der Waals surface area contributed by atoms with E-state index in [9.17, 15) is 9.59 Å². The molecule has 0 bridgehead atoms. The molecule has 0 rings (SSSR count). The minimum Gasteiger partial charge on any atom is -0.463 e. The van der Waals surface area contributed by atoms with Crippen LogP contribution in [0.2, 0.25) is 18.1 Å². The second-order valence-corrected chi connectivity index (χ2v) is 10.8. The lowest BCUT2D eigenvalue weighted by atomic mass is 10.2. The van der Waals surface area contributed by atoms with Crippen LogP contribution in [-0.2, 0) is 18.8 Å². The van der Waals surface area contributed by atoms with Gasteiger partial charge in [0.15, 0.2) is 14.1 Å². The number of hydrogen-bond donors (Lipinski definition) is 0. The Morgan fingerprint density at radius 1 is 1.21 bits per heavy atom. The first-order valence-electron chi connectivity index (χ1n) is 6.53. The molecule has 0 spiro atoms. The molecule has 0 atom stereocenters. The molecule has 4 nitrogen and oxygen atoms in total. The summed E-state index contributed by atoms with van der Waals surface area (Å²) in [6, 6.07) is 0. The molecule has 0 aromatic carbocycles. The van der Waals surface area contributed by atoms with E-state index in [2.05, 4.69) is 33.9 Å². The lowest BCUT2D eigenvalue weighted by Crippen LogP contribution is -2.41. The predicted molar refractivity (Wildman–Crippen MR) is 78.5 cm³/mol. The molecule has 0 radical (unpaired) electrons. The van der Waals surface area contributed by atoms with Crippen LogP contribution in [0.15, 0.2) is 11.6 Å². The van der Waals surface area contributed by atoms with Gasteiger partial charge in [-0.25, -0.2) is 4.79 Å². The molecule has 0 unspecified atom stereocenters. The molecule has 0 N–H and O–H groups in total. The molecule has 0 aliphatic heterocycles. The summed E-state index contributed by atoms with van der Waals surface area (Å²) in [7, 11) is -1.93. The van der Waals surface area contributed by atoms with Crippen LogP contribution >= 0.6 is 0 Å². The fourth-order valence-corrected chi connectivity index (χ4v) is 2.00. The van der Waals surface area contributed by atoms with Crippen LogP contribution in [0.5, 0.6) is 0 Å². The van der Waals surface area contributed by atoms with E-state index in [1.54, 1.807) is 6.92 Å². The molecule has 0 heterocycles. The predicted octanol–water partition coefficient (Wildman–Crippen LogP) is 3.09. The smallest absolute Gasteiger partial charge is 0.331 e. The third-order valence-electron chi connectivity index (χ3n) is 3.43.